The number of nitro benzene ring substituents is 1. The lowest BCUT2D eigenvalue weighted by Crippen LogP contribution is -2.32. The van der Waals surface area contributed by atoms with Gasteiger partial charge in [0.25, 0.3) is 5.56 Å². The summed E-state index contributed by atoms with van der Waals surface area (Å²) in [6, 6.07) is 30.9. The maximum absolute atomic E-state index is 13.6. The summed E-state index contributed by atoms with van der Waals surface area (Å²) in [5.41, 5.74) is 2.06. The third kappa shape index (κ3) is 4.78. The summed E-state index contributed by atoms with van der Waals surface area (Å²) in [5.74, 6) is 0.636. The zero-order valence-electron chi connectivity index (χ0n) is 22.5. The predicted molar refractivity (Wildman–Crippen MR) is 155 cm³/mol. The smallest absolute Gasteiger partial charge is 0.311 e. The molecule has 0 bridgehead atoms. The van der Waals surface area contributed by atoms with Crippen molar-refractivity contribution in [3.8, 4) is 11.5 Å². The minimum absolute atomic E-state index is 0.0696. The molecule has 0 amide bonds. The number of aromatic nitrogens is 1. The van der Waals surface area contributed by atoms with Crippen LogP contribution in [0, 0.1) is 10.1 Å². The van der Waals surface area contributed by atoms with Gasteiger partial charge >= 0.3 is 5.69 Å². The van der Waals surface area contributed by atoms with Crippen LogP contribution in [0.5, 0.6) is 11.5 Å². The van der Waals surface area contributed by atoms with Crippen LogP contribution in [0.4, 0.5) is 5.69 Å². The first-order chi connectivity index (χ1) is 20.5. The Hall–Kier alpha value is -4.99. The van der Waals surface area contributed by atoms with Crippen LogP contribution in [0.3, 0.4) is 0 Å². The number of ether oxygens (including phenoxy) is 4. The molecule has 0 aliphatic carbocycles. The maximum Gasteiger partial charge on any atom is 0.311 e. The monoisotopic (exact) mass is 562 g/mol. The molecule has 42 heavy (non-hydrogen) atoms. The Kier molecular flexibility index (Phi) is 6.45. The second kappa shape index (κ2) is 10.4. The summed E-state index contributed by atoms with van der Waals surface area (Å²) in [7, 11) is 0. The molecule has 7 rings (SSSR count). The molecule has 3 heterocycles. The van der Waals surface area contributed by atoms with Crippen LogP contribution >= 0.6 is 0 Å². The highest BCUT2D eigenvalue weighted by Gasteiger charge is 2.51. The van der Waals surface area contributed by atoms with Gasteiger partial charge in [0.05, 0.1) is 17.0 Å². The molecule has 0 spiro atoms. The van der Waals surface area contributed by atoms with Crippen molar-refractivity contribution in [2.75, 3.05) is 13.2 Å². The lowest BCUT2D eigenvalue weighted by atomic mass is 10.0. The van der Waals surface area contributed by atoms with Crippen molar-refractivity contribution in [2.45, 2.75) is 25.0 Å². The summed E-state index contributed by atoms with van der Waals surface area (Å²) in [6.07, 6.45) is -0.0696. The molecule has 2 atom stereocenters. The molecule has 2 aliphatic heterocycles. The molecule has 2 saturated heterocycles. The topological polar surface area (TPSA) is 109 Å². The molecule has 1 aromatic heterocycles. The normalized spacial score (nSPS) is 18.9. The highest BCUT2D eigenvalue weighted by atomic mass is 16.6. The van der Waals surface area contributed by atoms with Crippen molar-refractivity contribution in [2.24, 2.45) is 0 Å². The molecule has 0 radical (unpaired) electrons. The van der Waals surface area contributed by atoms with Crippen LogP contribution in [0.15, 0.2) is 108 Å². The first kappa shape index (κ1) is 25.9. The van der Waals surface area contributed by atoms with Gasteiger partial charge in [-0.2, -0.15) is 0 Å². The summed E-state index contributed by atoms with van der Waals surface area (Å²) in [6.45, 7) is 1.23. The van der Waals surface area contributed by atoms with Gasteiger partial charge in [0, 0.05) is 23.1 Å². The predicted octanol–water partition coefficient (Wildman–Crippen LogP) is 5.87. The van der Waals surface area contributed by atoms with E-state index in [4.69, 9.17) is 18.9 Å². The molecule has 9 nitrogen and oxygen atoms in total. The van der Waals surface area contributed by atoms with Crippen LogP contribution in [0.25, 0.3) is 10.9 Å². The minimum atomic E-state index is -1.24. The Labute approximate surface area is 240 Å². The molecule has 0 saturated carbocycles. The van der Waals surface area contributed by atoms with Crippen molar-refractivity contribution >= 4 is 16.6 Å². The lowest BCUT2D eigenvalue weighted by molar-refractivity contribution is -0.386. The number of fused-ring (bicyclic) bond motifs is 1. The number of benzene rings is 4. The van der Waals surface area contributed by atoms with E-state index in [1.54, 1.807) is 22.8 Å². The quantitative estimate of drug-likeness (QED) is 0.119. The van der Waals surface area contributed by atoms with Crippen LogP contribution in [-0.2, 0) is 28.4 Å². The van der Waals surface area contributed by atoms with Gasteiger partial charge in [-0.05, 0) is 41.0 Å². The van der Waals surface area contributed by atoms with E-state index in [0.717, 1.165) is 22.1 Å². The second-order valence-corrected chi connectivity index (χ2v) is 10.3. The number of pyridine rings is 1. The summed E-state index contributed by atoms with van der Waals surface area (Å²) in [5, 5.41) is 12.9. The van der Waals surface area contributed by atoms with Gasteiger partial charge in [0.15, 0.2) is 11.5 Å². The highest BCUT2D eigenvalue weighted by Crippen LogP contribution is 2.46. The maximum atomic E-state index is 13.6. The van der Waals surface area contributed by atoms with Crippen molar-refractivity contribution in [3.63, 3.8) is 0 Å². The summed E-state index contributed by atoms with van der Waals surface area (Å²) < 4.78 is 25.3. The Balaban J connectivity index is 1.32. The SMILES string of the molecule is O=c1ccc2c(C3CO3)ccc(OCc3ccccc3)c2n1[C@@]1(c2ccc(OCc3ccccc3)c([N+](=O)[O-])c2)CO1. The number of nitro groups is 1. The average molecular weight is 563 g/mol. The zero-order valence-corrected chi connectivity index (χ0v) is 22.5. The molecular weight excluding hydrogens is 536 g/mol. The standard InChI is InChI=1S/C33H26N2O7/c36-31-16-13-26-25(30-20-41-30)12-15-29(40-19-23-9-5-2-6-10-23)32(26)34(31)33(21-42-33)24-11-14-28(27(17-24)35(37)38)39-18-22-7-3-1-4-8-22/h1-17,30H,18-21H2/t30?,33-/m0/s1. The number of epoxide rings is 2. The largest absolute Gasteiger partial charge is 0.487 e. The molecule has 2 aliphatic rings. The van der Waals surface area contributed by atoms with Crippen LogP contribution in [0.2, 0.25) is 0 Å². The fourth-order valence-electron chi connectivity index (χ4n) is 5.32. The van der Waals surface area contributed by atoms with Crippen molar-refractivity contribution < 1.29 is 23.9 Å². The minimum Gasteiger partial charge on any atom is -0.487 e. The zero-order chi connectivity index (χ0) is 28.7. The van der Waals surface area contributed by atoms with Gasteiger partial charge in [-0.25, -0.2) is 0 Å². The second-order valence-electron chi connectivity index (χ2n) is 10.3. The van der Waals surface area contributed by atoms with E-state index in [1.807, 2.05) is 72.8 Å². The molecule has 4 aromatic carbocycles. The van der Waals surface area contributed by atoms with Gasteiger partial charge in [0.2, 0.25) is 0 Å². The third-order valence-electron chi connectivity index (χ3n) is 7.59. The Morgan fingerprint density at radius 3 is 2.07 bits per heavy atom. The third-order valence-corrected chi connectivity index (χ3v) is 7.59. The van der Waals surface area contributed by atoms with Crippen molar-refractivity contribution in [1.29, 1.82) is 0 Å². The van der Waals surface area contributed by atoms with Gasteiger partial charge in [-0.3, -0.25) is 19.5 Å². The number of hydrogen-bond donors (Lipinski definition) is 0. The summed E-state index contributed by atoms with van der Waals surface area (Å²) in [4.78, 5) is 25.2. The van der Waals surface area contributed by atoms with E-state index in [0.29, 0.717) is 30.0 Å². The van der Waals surface area contributed by atoms with Gasteiger partial charge in [-0.1, -0.05) is 66.7 Å². The van der Waals surface area contributed by atoms with Crippen molar-refractivity contribution in [3.05, 3.63) is 146 Å². The van der Waals surface area contributed by atoms with E-state index in [-0.39, 0.29) is 36.3 Å². The van der Waals surface area contributed by atoms with E-state index < -0.39 is 10.6 Å². The molecule has 210 valence electrons. The van der Waals surface area contributed by atoms with E-state index in [9.17, 15) is 14.9 Å². The van der Waals surface area contributed by atoms with Crippen LogP contribution in [0.1, 0.15) is 28.4 Å². The average Bonchev–Trinajstić information content (AvgIpc) is 3.95. The summed E-state index contributed by atoms with van der Waals surface area (Å²) >= 11 is 0. The Bertz CT molecular complexity index is 1850. The fraction of sp³-hybridized carbons (Fsp3) is 0.182. The van der Waals surface area contributed by atoms with E-state index >= 15 is 0 Å². The van der Waals surface area contributed by atoms with Gasteiger partial charge in [-0.15, -0.1) is 0 Å². The fourth-order valence-corrected chi connectivity index (χ4v) is 5.32. The van der Waals surface area contributed by atoms with E-state index in [1.165, 1.54) is 12.1 Å². The van der Waals surface area contributed by atoms with Crippen molar-refractivity contribution in [1.82, 2.24) is 4.57 Å². The molecular formula is C33H26N2O7. The molecule has 0 N–H and O–H groups in total. The number of nitrogens with zero attached hydrogens (tertiary/aromatic N) is 2. The Morgan fingerprint density at radius 2 is 1.48 bits per heavy atom. The molecule has 9 heteroatoms. The Morgan fingerprint density at radius 1 is 0.857 bits per heavy atom. The van der Waals surface area contributed by atoms with Gasteiger partial charge < -0.3 is 18.9 Å². The van der Waals surface area contributed by atoms with E-state index in [2.05, 4.69) is 0 Å². The molecule has 2 fully saturated rings. The van der Waals surface area contributed by atoms with Crippen LogP contribution < -0.4 is 15.0 Å². The van der Waals surface area contributed by atoms with Crippen LogP contribution in [-0.4, -0.2) is 22.7 Å². The molecule has 5 aromatic rings. The number of rotatable bonds is 10. The molecule has 1 unspecified atom stereocenters. The number of hydrogen-bond acceptors (Lipinski definition) is 7. The first-order valence-electron chi connectivity index (χ1n) is 13.6. The van der Waals surface area contributed by atoms with Gasteiger partial charge in [0.1, 0.15) is 31.7 Å². The highest BCUT2D eigenvalue weighted by molar-refractivity contribution is 5.89. The lowest BCUT2D eigenvalue weighted by Gasteiger charge is -2.22. The first-order valence-corrected chi connectivity index (χ1v) is 13.6.